The molecule has 1 heterocycles. The number of aryl methyl sites for hydroxylation is 1. The number of amides is 1. The molecule has 0 aliphatic rings. The van der Waals surface area contributed by atoms with E-state index in [1.807, 2.05) is 31.2 Å². The maximum atomic E-state index is 12.7. The van der Waals surface area contributed by atoms with Gasteiger partial charge in [-0.2, -0.15) is 0 Å². The third-order valence-electron chi connectivity index (χ3n) is 5.42. The Morgan fingerprint density at radius 3 is 2.61 bits per heavy atom. The molecule has 0 aliphatic carbocycles. The lowest BCUT2D eigenvalue weighted by Gasteiger charge is -2.13. The lowest BCUT2D eigenvalue weighted by molar-refractivity contribution is -0.120. The first kappa shape index (κ1) is 26.8. The average molecular weight is 475 g/mol. The largest absolute Gasteiger partial charge is 0.493 e. The van der Waals surface area contributed by atoms with E-state index in [1.165, 1.54) is 37.4 Å². The first-order valence-electron chi connectivity index (χ1n) is 11.7. The number of hydrogen-bond acceptors (Lipinski definition) is 6. The maximum Gasteiger partial charge on any atom is 0.233 e. The van der Waals surface area contributed by atoms with Crippen LogP contribution in [0.5, 0.6) is 11.5 Å². The van der Waals surface area contributed by atoms with E-state index in [0.29, 0.717) is 31.0 Å². The number of hydrogen-bond donors (Lipinski definition) is 1. The fourth-order valence-electron chi connectivity index (χ4n) is 3.51. The third kappa shape index (κ3) is 8.42. The van der Waals surface area contributed by atoms with Crippen molar-refractivity contribution in [2.45, 2.75) is 75.7 Å². The van der Waals surface area contributed by atoms with Crippen LogP contribution in [0.15, 0.2) is 36.0 Å². The Hall–Kier alpha value is -2.48. The standard InChI is InChI=1S/C25H38N4O3S/c1-6-8-9-10-11-12-23-27-28-25(29(23)17-7-2)33-19(3)24(30)26-16-15-20-13-14-21(31-4)22(18-20)32-5/h7,13-14,18-19H,2,6,8-12,15-17H2,1,3-5H3,(H,26,30)/t19-/m0/s1. The van der Waals surface area contributed by atoms with Crippen molar-refractivity contribution >= 4 is 17.7 Å². The quantitative estimate of drug-likeness (QED) is 0.213. The molecule has 2 rings (SSSR count). The van der Waals surface area contributed by atoms with Gasteiger partial charge in [0.25, 0.3) is 0 Å². The van der Waals surface area contributed by atoms with E-state index in [9.17, 15) is 4.79 Å². The van der Waals surface area contributed by atoms with Gasteiger partial charge in [0.05, 0.1) is 19.5 Å². The highest BCUT2D eigenvalue weighted by molar-refractivity contribution is 8.00. The fraction of sp³-hybridized carbons (Fsp3) is 0.560. The average Bonchev–Trinajstić information content (AvgIpc) is 3.19. The molecule has 8 heteroatoms. The minimum Gasteiger partial charge on any atom is -0.493 e. The van der Waals surface area contributed by atoms with Gasteiger partial charge in [-0.3, -0.25) is 4.79 Å². The summed E-state index contributed by atoms with van der Waals surface area (Å²) in [5.41, 5.74) is 1.07. The molecule has 0 saturated heterocycles. The summed E-state index contributed by atoms with van der Waals surface area (Å²) in [5, 5.41) is 12.3. The van der Waals surface area contributed by atoms with Gasteiger partial charge >= 0.3 is 0 Å². The van der Waals surface area contributed by atoms with E-state index in [-0.39, 0.29) is 11.2 Å². The molecule has 0 spiro atoms. The number of thioether (sulfide) groups is 1. The molecule has 7 nitrogen and oxygen atoms in total. The molecule has 0 unspecified atom stereocenters. The Kier molecular flexibility index (Phi) is 11.9. The maximum absolute atomic E-state index is 12.7. The third-order valence-corrected chi connectivity index (χ3v) is 6.50. The number of rotatable bonds is 16. The Balaban J connectivity index is 1.87. The molecule has 33 heavy (non-hydrogen) atoms. The number of methoxy groups -OCH3 is 2. The number of nitrogens with one attached hydrogen (secondary N) is 1. The Morgan fingerprint density at radius 1 is 1.15 bits per heavy atom. The zero-order valence-electron chi connectivity index (χ0n) is 20.4. The summed E-state index contributed by atoms with van der Waals surface area (Å²) >= 11 is 1.44. The van der Waals surface area contributed by atoms with Crippen molar-refractivity contribution in [2.24, 2.45) is 0 Å². The number of unbranched alkanes of at least 4 members (excludes halogenated alkanes) is 4. The van der Waals surface area contributed by atoms with Crippen LogP contribution in [0.2, 0.25) is 0 Å². The van der Waals surface area contributed by atoms with E-state index < -0.39 is 0 Å². The van der Waals surface area contributed by atoms with Crippen LogP contribution < -0.4 is 14.8 Å². The van der Waals surface area contributed by atoms with Gasteiger partial charge in [0.2, 0.25) is 5.91 Å². The summed E-state index contributed by atoms with van der Waals surface area (Å²) in [6.07, 6.45) is 9.54. The zero-order chi connectivity index (χ0) is 24.1. The van der Waals surface area contributed by atoms with Crippen molar-refractivity contribution in [3.8, 4) is 11.5 Å². The predicted octanol–water partition coefficient (Wildman–Crippen LogP) is 4.83. The lowest BCUT2D eigenvalue weighted by Crippen LogP contribution is -2.32. The minimum absolute atomic E-state index is 0.0188. The number of ether oxygens (including phenoxy) is 2. The number of carbonyl (C=O) groups is 1. The lowest BCUT2D eigenvalue weighted by atomic mass is 10.1. The van der Waals surface area contributed by atoms with Crippen LogP contribution in [-0.2, 0) is 24.2 Å². The summed E-state index contributed by atoms with van der Waals surface area (Å²) in [5.74, 6) is 2.33. The Bertz CT molecular complexity index is 885. The molecule has 0 bridgehead atoms. The van der Waals surface area contributed by atoms with Crippen LogP contribution >= 0.6 is 11.8 Å². The molecule has 1 N–H and O–H groups in total. The molecular formula is C25H38N4O3S. The van der Waals surface area contributed by atoms with E-state index >= 15 is 0 Å². The molecule has 0 saturated carbocycles. The summed E-state index contributed by atoms with van der Waals surface area (Å²) < 4.78 is 12.7. The first-order valence-corrected chi connectivity index (χ1v) is 12.6. The van der Waals surface area contributed by atoms with Crippen LogP contribution in [0.4, 0.5) is 0 Å². The molecule has 0 aliphatic heterocycles. The molecule has 1 aromatic carbocycles. The summed E-state index contributed by atoms with van der Waals surface area (Å²) in [6.45, 7) is 9.17. The van der Waals surface area contributed by atoms with Crippen molar-refractivity contribution in [1.29, 1.82) is 0 Å². The number of aromatic nitrogens is 3. The SMILES string of the molecule is C=CCn1c(CCCCCCC)nnc1S[C@@H](C)C(=O)NCCc1ccc(OC)c(OC)c1. The van der Waals surface area contributed by atoms with Crippen LogP contribution in [0.1, 0.15) is 57.3 Å². The zero-order valence-corrected chi connectivity index (χ0v) is 21.2. The minimum atomic E-state index is -0.277. The van der Waals surface area contributed by atoms with Crippen LogP contribution in [0, 0.1) is 0 Å². The van der Waals surface area contributed by atoms with Crippen LogP contribution in [0.25, 0.3) is 0 Å². The molecule has 1 aromatic heterocycles. The monoisotopic (exact) mass is 474 g/mol. The first-order chi connectivity index (χ1) is 16.0. The highest BCUT2D eigenvalue weighted by Crippen LogP contribution is 2.27. The van der Waals surface area contributed by atoms with Gasteiger partial charge in [-0.1, -0.05) is 56.5 Å². The smallest absolute Gasteiger partial charge is 0.233 e. The topological polar surface area (TPSA) is 78.3 Å². The van der Waals surface area contributed by atoms with E-state index in [0.717, 1.165) is 29.4 Å². The fourth-order valence-corrected chi connectivity index (χ4v) is 4.41. The van der Waals surface area contributed by atoms with Gasteiger partial charge in [-0.05, 0) is 37.5 Å². The van der Waals surface area contributed by atoms with Gasteiger partial charge in [0.1, 0.15) is 5.82 Å². The van der Waals surface area contributed by atoms with Crippen molar-refractivity contribution in [3.63, 3.8) is 0 Å². The van der Waals surface area contributed by atoms with Crippen molar-refractivity contribution in [3.05, 3.63) is 42.2 Å². The number of benzene rings is 1. The normalized spacial score (nSPS) is 11.8. The summed E-state index contributed by atoms with van der Waals surface area (Å²) in [7, 11) is 3.23. The molecule has 0 radical (unpaired) electrons. The Morgan fingerprint density at radius 2 is 1.91 bits per heavy atom. The van der Waals surface area contributed by atoms with Crippen molar-refractivity contribution in [1.82, 2.24) is 20.1 Å². The predicted molar refractivity (Wildman–Crippen MR) is 134 cm³/mol. The van der Waals surface area contributed by atoms with Gasteiger partial charge < -0.3 is 19.4 Å². The van der Waals surface area contributed by atoms with Crippen LogP contribution in [-0.4, -0.2) is 46.7 Å². The molecule has 0 fully saturated rings. The molecular weight excluding hydrogens is 436 g/mol. The van der Waals surface area contributed by atoms with Gasteiger partial charge in [-0.15, -0.1) is 16.8 Å². The molecule has 1 amide bonds. The number of nitrogens with zero attached hydrogens (tertiary/aromatic N) is 3. The summed E-state index contributed by atoms with van der Waals surface area (Å²) in [4.78, 5) is 12.7. The summed E-state index contributed by atoms with van der Waals surface area (Å²) in [6, 6.07) is 5.79. The van der Waals surface area contributed by atoms with E-state index in [2.05, 4.69) is 33.6 Å². The number of allylic oxidation sites excluding steroid dienone is 1. The van der Waals surface area contributed by atoms with Crippen molar-refractivity contribution in [2.75, 3.05) is 20.8 Å². The second kappa shape index (κ2) is 14.6. The van der Waals surface area contributed by atoms with E-state index in [1.54, 1.807) is 14.2 Å². The Labute approximate surface area is 202 Å². The van der Waals surface area contributed by atoms with Crippen molar-refractivity contribution < 1.29 is 14.3 Å². The van der Waals surface area contributed by atoms with Gasteiger partial charge in [0.15, 0.2) is 16.7 Å². The second-order valence-corrected chi connectivity index (χ2v) is 9.26. The molecule has 2 aromatic rings. The molecule has 182 valence electrons. The van der Waals surface area contributed by atoms with Gasteiger partial charge in [0, 0.05) is 19.5 Å². The second-order valence-electron chi connectivity index (χ2n) is 7.95. The number of carbonyl (C=O) groups excluding carboxylic acids is 1. The van der Waals surface area contributed by atoms with Gasteiger partial charge in [-0.25, -0.2) is 0 Å². The highest BCUT2D eigenvalue weighted by atomic mass is 32.2. The molecule has 1 atom stereocenters. The van der Waals surface area contributed by atoms with E-state index in [4.69, 9.17) is 9.47 Å². The highest BCUT2D eigenvalue weighted by Gasteiger charge is 2.19. The van der Waals surface area contributed by atoms with Crippen LogP contribution in [0.3, 0.4) is 0 Å².